The fourth-order valence-corrected chi connectivity index (χ4v) is 1.57. The van der Waals surface area contributed by atoms with Gasteiger partial charge in [-0.1, -0.05) is 32.0 Å². The van der Waals surface area contributed by atoms with Crippen molar-refractivity contribution in [2.45, 2.75) is 13.8 Å². The Hall–Kier alpha value is -2.30. The molecular formula is C16H20O5. The van der Waals surface area contributed by atoms with Crippen LogP contribution in [0.1, 0.15) is 19.4 Å². The van der Waals surface area contributed by atoms with Crippen LogP contribution in [0.2, 0.25) is 0 Å². The molecule has 5 nitrogen and oxygen atoms in total. The first-order chi connectivity index (χ1) is 9.99. The van der Waals surface area contributed by atoms with Gasteiger partial charge in [-0.05, 0) is 18.1 Å². The number of para-hydroxylation sites is 1. The average molecular weight is 292 g/mol. The van der Waals surface area contributed by atoms with Crippen LogP contribution in [0.3, 0.4) is 0 Å². The van der Waals surface area contributed by atoms with Crippen LogP contribution >= 0.6 is 0 Å². The third-order valence-electron chi connectivity index (χ3n) is 2.61. The number of carbonyl (C=O) groups excluding carboxylic acids is 2. The summed E-state index contributed by atoms with van der Waals surface area (Å²) in [6.45, 7) is 4.06. The summed E-state index contributed by atoms with van der Waals surface area (Å²) in [4.78, 5) is 23.8. The molecule has 0 saturated heterocycles. The quantitative estimate of drug-likeness (QED) is 0.349. The van der Waals surface area contributed by atoms with Gasteiger partial charge in [0.25, 0.3) is 0 Å². The summed E-state index contributed by atoms with van der Waals surface area (Å²) in [5, 5.41) is 0. The molecule has 0 radical (unpaired) electrons. The fraction of sp³-hybridized carbons (Fsp3) is 0.375. The normalized spacial score (nSPS) is 11.2. The molecule has 0 aliphatic rings. The van der Waals surface area contributed by atoms with Crippen molar-refractivity contribution in [1.29, 1.82) is 0 Å². The lowest BCUT2D eigenvalue weighted by molar-refractivity contribution is -0.146. The molecular weight excluding hydrogens is 272 g/mol. The van der Waals surface area contributed by atoms with E-state index < -0.39 is 11.9 Å². The lowest BCUT2D eigenvalue weighted by atomic mass is 10.1. The molecule has 114 valence electrons. The SMILES string of the molecule is COC(=O)/C(=C\c1ccccc1OC)C(=O)OCC(C)C. The number of rotatable bonds is 6. The van der Waals surface area contributed by atoms with Crippen molar-refractivity contribution in [2.24, 2.45) is 5.92 Å². The highest BCUT2D eigenvalue weighted by Crippen LogP contribution is 2.21. The Kier molecular flexibility index (Phi) is 6.46. The van der Waals surface area contributed by atoms with E-state index >= 15 is 0 Å². The van der Waals surface area contributed by atoms with Gasteiger partial charge in [0.15, 0.2) is 0 Å². The minimum absolute atomic E-state index is 0.164. The summed E-state index contributed by atoms with van der Waals surface area (Å²) in [5.74, 6) is -0.717. The van der Waals surface area contributed by atoms with E-state index in [1.165, 1.54) is 20.3 Å². The third-order valence-corrected chi connectivity index (χ3v) is 2.61. The molecule has 0 amide bonds. The molecule has 1 aromatic carbocycles. The molecule has 0 heterocycles. The maximum atomic E-state index is 12.0. The number of hydrogen-bond donors (Lipinski definition) is 0. The Morgan fingerprint density at radius 3 is 2.38 bits per heavy atom. The maximum absolute atomic E-state index is 12.0. The number of methoxy groups -OCH3 is 2. The Labute approximate surface area is 124 Å². The van der Waals surface area contributed by atoms with E-state index in [0.717, 1.165) is 0 Å². The Morgan fingerprint density at radius 2 is 1.81 bits per heavy atom. The largest absolute Gasteiger partial charge is 0.496 e. The highest BCUT2D eigenvalue weighted by atomic mass is 16.5. The van der Waals surface area contributed by atoms with Crippen molar-refractivity contribution in [3.8, 4) is 5.75 Å². The van der Waals surface area contributed by atoms with Crippen molar-refractivity contribution >= 4 is 18.0 Å². The van der Waals surface area contributed by atoms with Crippen LogP contribution in [-0.2, 0) is 19.1 Å². The molecule has 0 saturated carbocycles. The summed E-state index contributed by atoms with van der Waals surface area (Å²) in [6, 6.07) is 7.05. The van der Waals surface area contributed by atoms with Gasteiger partial charge in [-0.25, -0.2) is 9.59 Å². The van der Waals surface area contributed by atoms with Crippen LogP contribution in [0.4, 0.5) is 0 Å². The van der Waals surface area contributed by atoms with Crippen molar-refractivity contribution < 1.29 is 23.8 Å². The van der Waals surface area contributed by atoms with Crippen LogP contribution in [0.15, 0.2) is 29.8 Å². The Bertz CT molecular complexity index is 531. The number of esters is 2. The molecule has 0 unspecified atom stereocenters. The maximum Gasteiger partial charge on any atom is 0.345 e. The monoisotopic (exact) mass is 292 g/mol. The van der Waals surface area contributed by atoms with Gasteiger partial charge in [0, 0.05) is 5.56 Å². The molecule has 5 heteroatoms. The van der Waals surface area contributed by atoms with Gasteiger partial charge in [0.2, 0.25) is 0 Å². The number of benzene rings is 1. The van der Waals surface area contributed by atoms with Gasteiger partial charge >= 0.3 is 11.9 Å². The van der Waals surface area contributed by atoms with Crippen LogP contribution in [0, 0.1) is 5.92 Å². The lowest BCUT2D eigenvalue weighted by Crippen LogP contribution is -2.19. The van der Waals surface area contributed by atoms with Crippen LogP contribution in [-0.4, -0.2) is 32.8 Å². The highest BCUT2D eigenvalue weighted by molar-refractivity contribution is 6.17. The molecule has 1 rings (SSSR count). The van der Waals surface area contributed by atoms with Crippen LogP contribution < -0.4 is 4.74 Å². The second kappa shape index (κ2) is 8.09. The van der Waals surface area contributed by atoms with Gasteiger partial charge in [0.1, 0.15) is 11.3 Å². The van der Waals surface area contributed by atoms with E-state index in [1.54, 1.807) is 24.3 Å². The summed E-state index contributed by atoms with van der Waals surface area (Å²) in [7, 11) is 2.73. The van der Waals surface area contributed by atoms with E-state index in [-0.39, 0.29) is 18.1 Å². The predicted molar refractivity (Wildman–Crippen MR) is 78.8 cm³/mol. The van der Waals surface area contributed by atoms with Gasteiger partial charge < -0.3 is 14.2 Å². The Morgan fingerprint density at radius 1 is 1.14 bits per heavy atom. The molecule has 21 heavy (non-hydrogen) atoms. The standard InChI is InChI=1S/C16H20O5/c1-11(2)10-21-16(18)13(15(17)20-4)9-12-7-5-6-8-14(12)19-3/h5-9,11H,10H2,1-4H3/b13-9+. The summed E-state index contributed by atoms with van der Waals surface area (Å²) < 4.78 is 14.9. The van der Waals surface area contributed by atoms with Crippen LogP contribution in [0.25, 0.3) is 6.08 Å². The highest BCUT2D eigenvalue weighted by Gasteiger charge is 2.21. The van der Waals surface area contributed by atoms with E-state index in [1.807, 2.05) is 13.8 Å². The van der Waals surface area contributed by atoms with Crippen LogP contribution in [0.5, 0.6) is 5.75 Å². The summed E-state index contributed by atoms with van der Waals surface area (Å²) in [6.07, 6.45) is 1.41. The van der Waals surface area contributed by atoms with Gasteiger partial charge in [-0.3, -0.25) is 0 Å². The lowest BCUT2D eigenvalue weighted by Gasteiger charge is -2.10. The zero-order valence-corrected chi connectivity index (χ0v) is 12.7. The minimum atomic E-state index is -0.741. The molecule has 0 fully saturated rings. The minimum Gasteiger partial charge on any atom is -0.496 e. The van der Waals surface area contributed by atoms with Crippen molar-refractivity contribution in [3.63, 3.8) is 0 Å². The Balaban J connectivity index is 3.09. The molecule has 0 aliphatic carbocycles. The van der Waals surface area contributed by atoms with E-state index in [0.29, 0.717) is 11.3 Å². The van der Waals surface area contributed by atoms with Gasteiger partial charge in [0.05, 0.1) is 20.8 Å². The van der Waals surface area contributed by atoms with Crippen molar-refractivity contribution in [3.05, 3.63) is 35.4 Å². The fourth-order valence-electron chi connectivity index (χ4n) is 1.57. The zero-order chi connectivity index (χ0) is 15.8. The topological polar surface area (TPSA) is 61.8 Å². The average Bonchev–Trinajstić information content (AvgIpc) is 2.49. The summed E-state index contributed by atoms with van der Waals surface area (Å²) >= 11 is 0. The second-order valence-electron chi connectivity index (χ2n) is 4.78. The van der Waals surface area contributed by atoms with Gasteiger partial charge in [-0.15, -0.1) is 0 Å². The number of hydrogen-bond acceptors (Lipinski definition) is 5. The molecule has 0 aromatic heterocycles. The van der Waals surface area contributed by atoms with E-state index in [9.17, 15) is 9.59 Å². The molecule has 1 aromatic rings. The zero-order valence-electron chi connectivity index (χ0n) is 12.7. The first kappa shape index (κ1) is 16.8. The van der Waals surface area contributed by atoms with Crippen molar-refractivity contribution in [2.75, 3.05) is 20.8 Å². The summed E-state index contributed by atoms with van der Waals surface area (Å²) in [5.41, 5.74) is 0.435. The smallest absolute Gasteiger partial charge is 0.345 e. The number of ether oxygens (including phenoxy) is 3. The van der Waals surface area contributed by atoms with Crippen molar-refractivity contribution in [1.82, 2.24) is 0 Å². The van der Waals surface area contributed by atoms with E-state index in [4.69, 9.17) is 9.47 Å². The van der Waals surface area contributed by atoms with E-state index in [2.05, 4.69) is 4.74 Å². The molecule has 0 bridgehead atoms. The first-order valence-electron chi connectivity index (χ1n) is 6.59. The molecule has 0 aliphatic heterocycles. The third kappa shape index (κ3) is 4.95. The molecule has 0 spiro atoms. The molecule has 0 atom stereocenters. The number of carbonyl (C=O) groups is 2. The predicted octanol–water partition coefficient (Wildman–Crippen LogP) is 2.45. The first-order valence-corrected chi connectivity index (χ1v) is 6.59. The molecule has 0 N–H and O–H groups in total. The van der Waals surface area contributed by atoms with Gasteiger partial charge in [-0.2, -0.15) is 0 Å². The second-order valence-corrected chi connectivity index (χ2v) is 4.78.